The minimum Gasteiger partial charge on any atom is -0.298 e. The van der Waals surface area contributed by atoms with Gasteiger partial charge in [-0.1, -0.05) is 78.6 Å². The number of aldehydes is 1. The molecule has 120 valence electrons. The molecule has 0 bridgehead atoms. The zero-order valence-corrected chi connectivity index (χ0v) is 14.5. The van der Waals surface area contributed by atoms with Gasteiger partial charge in [0.2, 0.25) is 0 Å². The molecule has 0 unspecified atom stereocenters. The second-order valence-corrected chi connectivity index (χ2v) is 7.03. The Morgan fingerprint density at radius 2 is 1.67 bits per heavy atom. The van der Waals surface area contributed by atoms with E-state index in [4.69, 9.17) is 12.2 Å². The third-order valence-corrected chi connectivity index (χ3v) is 5.09. The van der Waals surface area contributed by atoms with Crippen LogP contribution in [0.4, 0.5) is 0 Å². The van der Waals surface area contributed by atoms with Gasteiger partial charge < -0.3 is 0 Å². The predicted molar refractivity (Wildman–Crippen MR) is 102 cm³/mol. The van der Waals surface area contributed by atoms with Crippen LogP contribution >= 0.6 is 24.0 Å². The van der Waals surface area contributed by atoms with Crippen molar-refractivity contribution in [3.63, 3.8) is 0 Å². The van der Waals surface area contributed by atoms with E-state index in [0.717, 1.165) is 18.3 Å². The topological polar surface area (TPSA) is 37.4 Å². The van der Waals surface area contributed by atoms with Crippen molar-refractivity contribution < 1.29 is 9.59 Å². The highest BCUT2D eigenvalue weighted by Gasteiger charge is 2.31. The Hall–Kier alpha value is -2.24. The zero-order valence-electron chi connectivity index (χ0n) is 12.8. The standard InChI is InChI=1S/C19H15NO2S2/c21-13-16-8-6-15(7-9-16)12-17-18(22)20(19(23)24-17)11-10-14-4-2-1-3-5-14/h1-9,12-13H,10-11H2/b17-12+. The number of carbonyl (C=O) groups excluding carboxylic acids is 2. The maximum Gasteiger partial charge on any atom is 0.266 e. The Morgan fingerprint density at radius 1 is 1.00 bits per heavy atom. The number of hydrogen-bond donors (Lipinski definition) is 0. The summed E-state index contributed by atoms with van der Waals surface area (Å²) in [4.78, 5) is 25.5. The van der Waals surface area contributed by atoms with Gasteiger partial charge in [-0.15, -0.1) is 0 Å². The van der Waals surface area contributed by atoms with Crippen molar-refractivity contribution in [1.82, 2.24) is 4.90 Å². The molecule has 24 heavy (non-hydrogen) atoms. The lowest BCUT2D eigenvalue weighted by molar-refractivity contribution is -0.122. The molecule has 3 rings (SSSR count). The van der Waals surface area contributed by atoms with Crippen molar-refractivity contribution in [3.05, 3.63) is 76.2 Å². The first kappa shape index (κ1) is 16.6. The molecule has 2 aromatic rings. The third-order valence-electron chi connectivity index (χ3n) is 3.71. The molecule has 0 aromatic heterocycles. The summed E-state index contributed by atoms with van der Waals surface area (Å²) < 4.78 is 0.590. The average Bonchev–Trinajstić information content (AvgIpc) is 2.88. The van der Waals surface area contributed by atoms with E-state index in [-0.39, 0.29) is 5.91 Å². The van der Waals surface area contributed by atoms with Crippen LogP contribution in [0.2, 0.25) is 0 Å². The van der Waals surface area contributed by atoms with Crippen molar-refractivity contribution in [2.45, 2.75) is 6.42 Å². The molecule has 0 aliphatic carbocycles. The fourth-order valence-electron chi connectivity index (χ4n) is 2.40. The first-order valence-electron chi connectivity index (χ1n) is 7.52. The van der Waals surface area contributed by atoms with Gasteiger partial charge in [0.25, 0.3) is 5.91 Å². The van der Waals surface area contributed by atoms with Crippen LogP contribution in [0.15, 0.2) is 59.5 Å². The molecule has 0 atom stereocenters. The average molecular weight is 353 g/mol. The number of carbonyl (C=O) groups is 2. The summed E-state index contributed by atoms with van der Waals surface area (Å²) >= 11 is 6.67. The van der Waals surface area contributed by atoms with Gasteiger partial charge in [0, 0.05) is 12.1 Å². The van der Waals surface area contributed by atoms with Crippen LogP contribution in [-0.2, 0) is 11.2 Å². The van der Waals surface area contributed by atoms with Gasteiger partial charge in [-0.3, -0.25) is 14.5 Å². The summed E-state index contributed by atoms with van der Waals surface area (Å²) in [6.07, 6.45) is 3.39. The molecule has 1 amide bonds. The van der Waals surface area contributed by atoms with E-state index in [9.17, 15) is 9.59 Å². The van der Waals surface area contributed by atoms with E-state index in [2.05, 4.69) is 0 Å². The van der Waals surface area contributed by atoms with Crippen LogP contribution in [0, 0.1) is 0 Å². The van der Waals surface area contributed by atoms with Crippen molar-refractivity contribution in [3.8, 4) is 0 Å². The van der Waals surface area contributed by atoms with Gasteiger partial charge >= 0.3 is 0 Å². The second kappa shape index (κ2) is 7.55. The molecule has 0 saturated carbocycles. The van der Waals surface area contributed by atoms with Crippen LogP contribution in [0.3, 0.4) is 0 Å². The summed E-state index contributed by atoms with van der Waals surface area (Å²) in [6, 6.07) is 17.1. The van der Waals surface area contributed by atoms with Gasteiger partial charge in [0.05, 0.1) is 4.91 Å². The van der Waals surface area contributed by atoms with E-state index >= 15 is 0 Å². The highest BCUT2D eigenvalue weighted by molar-refractivity contribution is 8.26. The lowest BCUT2D eigenvalue weighted by atomic mass is 10.1. The molecular weight excluding hydrogens is 338 g/mol. The van der Waals surface area contributed by atoms with E-state index < -0.39 is 0 Å². The SMILES string of the molecule is O=Cc1ccc(/C=C2/SC(=S)N(CCc3ccccc3)C2=O)cc1. The molecule has 0 N–H and O–H groups in total. The van der Waals surface area contributed by atoms with Crippen molar-refractivity contribution in [2.24, 2.45) is 0 Å². The normalized spacial score (nSPS) is 16.0. The lowest BCUT2D eigenvalue weighted by Gasteiger charge is -2.14. The molecular formula is C19H15NO2S2. The molecule has 1 fully saturated rings. The third kappa shape index (κ3) is 3.80. The van der Waals surface area contributed by atoms with Crippen molar-refractivity contribution in [1.29, 1.82) is 0 Å². The summed E-state index contributed by atoms with van der Waals surface area (Å²) in [6.45, 7) is 0.579. The zero-order chi connectivity index (χ0) is 16.9. The second-order valence-electron chi connectivity index (χ2n) is 5.35. The highest BCUT2D eigenvalue weighted by atomic mass is 32.2. The number of benzene rings is 2. The number of thiocarbonyl (C=S) groups is 1. The van der Waals surface area contributed by atoms with Gasteiger partial charge in [0.1, 0.15) is 10.6 Å². The van der Waals surface area contributed by atoms with Crippen LogP contribution in [0.5, 0.6) is 0 Å². The predicted octanol–water partition coefficient (Wildman–Crippen LogP) is 3.94. The monoisotopic (exact) mass is 353 g/mol. The molecule has 1 aliphatic rings. The van der Waals surface area contributed by atoms with Gasteiger partial charge in [-0.2, -0.15) is 0 Å². The molecule has 1 aliphatic heterocycles. The molecule has 2 aromatic carbocycles. The van der Waals surface area contributed by atoms with Crippen LogP contribution < -0.4 is 0 Å². The lowest BCUT2D eigenvalue weighted by Crippen LogP contribution is -2.30. The van der Waals surface area contributed by atoms with E-state index in [0.29, 0.717) is 21.3 Å². The van der Waals surface area contributed by atoms with Gasteiger partial charge in [-0.25, -0.2) is 0 Å². The van der Waals surface area contributed by atoms with Gasteiger partial charge in [0.15, 0.2) is 0 Å². The highest BCUT2D eigenvalue weighted by Crippen LogP contribution is 2.32. The summed E-state index contributed by atoms with van der Waals surface area (Å²) in [5, 5.41) is 0. The number of rotatable bonds is 5. The van der Waals surface area contributed by atoms with Crippen LogP contribution in [0.25, 0.3) is 6.08 Å². The molecule has 3 nitrogen and oxygen atoms in total. The maximum atomic E-state index is 12.6. The van der Waals surface area contributed by atoms with Crippen molar-refractivity contribution in [2.75, 3.05) is 6.54 Å². The molecule has 1 saturated heterocycles. The Morgan fingerprint density at radius 3 is 2.33 bits per heavy atom. The summed E-state index contributed by atoms with van der Waals surface area (Å²) in [5.74, 6) is -0.0552. The van der Waals surface area contributed by atoms with Gasteiger partial charge in [-0.05, 0) is 23.6 Å². The number of amides is 1. The number of thioether (sulfide) groups is 1. The Labute approximate surface area is 150 Å². The van der Waals surface area contributed by atoms with E-state index in [1.807, 2.05) is 48.5 Å². The first-order chi connectivity index (χ1) is 11.7. The molecule has 0 spiro atoms. The Balaban J connectivity index is 1.70. The molecule has 0 radical (unpaired) electrons. The van der Waals surface area contributed by atoms with Crippen LogP contribution in [0.1, 0.15) is 21.5 Å². The number of nitrogens with zero attached hydrogens (tertiary/aromatic N) is 1. The largest absolute Gasteiger partial charge is 0.298 e. The minimum atomic E-state index is -0.0552. The summed E-state index contributed by atoms with van der Waals surface area (Å²) in [7, 11) is 0. The Bertz CT molecular complexity index is 798. The molecule has 1 heterocycles. The van der Waals surface area contributed by atoms with Crippen molar-refractivity contribution >= 4 is 46.6 Å². The smallest absolute Gasteiger partial charge is 0.266 e. The molecule has 5 heteroatoms. The Kier molecular flexibility index (Phi) is 5.23. The quantitative estimate of drug-likeness (QED) is 0.463. The summed E-state index contributed by atoms with van der Waals surface area (Å²) in [5.41, 5.74) is 2.67. The van der Waals surface area contributed by atoms with E-state index in [1.165, 1.54) is 17.3 Å². The minimum absolute atomic E-state index is 0.0552. The maximum absolute atomic E-state index is 12.6. The first-order valence-corrected chi connectivity index (χ1v) is 8.74. The fraction of sp³-hybridized carbons (Fsp3) is 0.105. The number of hydrogen-bond acceptors (Lipinski definition) is 4. The van der Waals surface area contributed by atoms with E-state index in [1.54, 1.807) is 17.0 Å². The van der Waals surface area contributed by atoms with Crippen LogP contribution in [-0.4, -0.2) is 28.0 Å². The fourth-order valence-corrected chi connectivity index (χ4v) is 3.71.